The van der Waals surface area contributed by atoms with Crippen LogP contribution < -0.4 is 0 Å². The number of hydrogen-bond donors (Lipinski definition) is 0. The van der Waals surface area contributed by atoms with Gasteiger partial charge in [0.2, 0.25) is 0 Å². The molecule has 0 saturated heterocycles. The van der Waals surface area contributed by atoms with Crippen molar-refractivity contribution in [2.75, 3.05) is 0 Å². The Morgan fingerprint density at radius 1 is 1.73 bits per heavy atom. The summed E-state index contributed by atoms with van der Waals surface area (Å²) in [5.41, 5.74) is 0. The van der Waals surface area contributed by atoms with Crippen LogP contribution in [0.3, 0.4) is 0 Å². The first kappa shape index (κ1) is 10.3. The highest BCUT2D eigenvalue weighted by Gasteiger charge is 2.26. The second-order valence-corrected chi connectivity index (χ2v) is 4.76. The lowest BCUT2D eigenvalue weighted by Gasteiger charge is -2.19. The SMILES string of the molecule is CCC1=CC(C2CC=C(C#N)S2)C=NO1. The molecular weight excluding hydrogens is 208 g/mol. The monoisotopic (exact) mass is 220 g/mol. The van der Waals surface area contributed by atoms with Gasteiger partial charge in [0.25, 0.3) is 0 Å². The van der Waals surface area contributed by atoms with Crippen LogP contribution in [0.4, 0.5) is 0 Å². The van der Waals surface area contributed by atoms with Crippen LogP contribution in [-0.2, 0) is 4.84 Å². The van der Waals surface area contributed by atoms with Crippen molar-refractivity contribution in [2.24, 2.45) is 11.1 Å². The van der Waals surface area contributed by atoms with Crippen LogP contribution in [0.1, 0.15) is 19.8 Å². The molecule has 78 valence electrons. The summed E-state index contributed by atoms with van der Waals surface area (Å²) in [6.07, 6.45) is 7.74. The summed E-state index contributed by atoms with van der Waals surface area (Å²) < 4.78 is 0. The van der Waals surface area contributed by atoms with E-state index in [1.54, 1.807) is 11.8 Å². The fraction of sp³-hybridized carbons (Fsp3) is 0.455. The van der Waals surface area contributed by atoms with Crippen LogP contribution >= 0.6 is 11.8 Å². The number of hydrogen-bond acceptors (Lipinski definition) is 4. The van der Waals surface area contributed by atoms with E-state index in [1.807, 2.05) is 19.2 Å². The molecule has 0 aromatic rings. The van der Waals surface area contributed by atoms with Crippen LogP contribution in [0.15, 0.2) is 28.0 Å². The van der Waals surface area contributed by atoms with Crippen molar-refractivity contribution in [3.63, 3.8) is 0 Å². The molecule has 3 nitrogen and oxygen atoms in total. The van der Waals surface area contributed by atoms with Gasteiger partial charge >= 0.3 is 0 Å². The summed E-state index contributed by atoms with van der Waals surface area (Å²) in [4.78, 5) is 5.93. The Labute approximate surface area is 93.5 Å². The molecule has 4 heteroatoms. The van der Waals surface area contributed by atoms with Gasteiger partial charge in [-0.15, -0.1) is 11.8 Å². The fourth-order valence-electron chi connectivity index (χ4n) is 1.63. The zero-order valence-electron chi connectivity index (χ0n) is 8.51. The molecule has 2 heterocycles. The highest BCUT2D eigenvalue weighted by molar-refractivity contribution is 8.04. The normalized spacial score (nSPS) is 29.1. The highest BCUT2D eigenvalue weighted by atomic mass is 32.2. The molecule has 0 aromatic carbocycles. The van der Waals surface area contributed by atoms with Crippen molar-refractivity contribution in [1.29, 1.82) is 5.26 Å². The molecule has 0 aliphatic carbocycles. The van der Waals surface area contributed by atoms with E-state index in [2.05, 4.69) is 17.3 Å². The summed E-state index contributed by atoms with van der Waals surface area (Å²) in [5.74, 6) is 1.22. The zero-order chi connectivity index (χ0) is 10.7. The summed E-state index contributed by atoms with van der Waals surface area (Å²) in [7, 11) is 0. The van der Waals surface area contributed by atoms with E-state index in [9.17, 15) is 0 Å². The van der Waals surface area contributed by atoms with E-state index >= 15 is 0 Å². The quantitative estimate of drug-likeness (QED) is 0.718. The third kappa shape index (κ3) is 2.24. The minimum absolute atomic E-state index is 0.292. The van der Waals surface area contributed by atoms with Crippen molar-refractivity contribution in [3.8, 4) is 6.07 Å². The van der Waals surface area contributed by atoms with Crippen molar-refractivity contribution in [2.45, 2.75) is 25.0 Å². The maximum Gasteiger partial charge on any atom is 0.131 e. The molecule has 0 N–H and O–H groups in total. The smallest absolute Gasteiger partial charge is 0.131 e. The van der Waals surface area contributed by atoms with Crippen LogP contribution in [0, 0.1) is 17.2 Å². The van der Waals surface area contributed by atoms with Crippen LogP contribution in [0.2, 0.25) is 0 Å². The lowest BCUT2D eigenvalue weighted by molar-refractivity contribution is 0.210. The molecule has 0 fully saturated rings. The molecular formula is C11H12N2OS. The second kappa shape index (κ2) is 4.54. The van der Waals surface area contributed by atoms with Crippen LogP contribution in [-0.4, -0.2) is 11.5 Å². The minimum atomic E-state index is 0.292. The van der Waals surface area contributed by atoms with E-state index in [1.165, 1.54) is 0 Å². The molecule has 0 bridgehead atoms. The van der Waals surface area contributed by atoms with Gasteiger partial charge < -0.3 is 4.84 Å². The van der Waals surface area contributed by atoms with Crippen molar-refractivity contribution < 1.29 is 4.84 Å². The number of allylic oxidation sites excluding steroid dienone is 4. The molecule has 0 saturated carbocycles. The van der Waals surface area contributed by atoms with Gasteiger partial charge in [-0.2, -0.15) is 5.26 Å². The molecule has 0 radical (unpaired) electrons. The Balaban J connectivity index is 2.02. The maximum absolute atomic E-state index is 8.77. The largest absolute Gasteiger partial charge is 0.362 e. The summed E-state index contributed by atoms with van der Waals surface area (Å²) in [5, 5.41) is 13.1. The molecule has 15 heavy (non-hydrogen) atoms. The summed E-state index contributed by atoms with van der Waals surface area (Å²) in [6.45, 7) is 2.05. The number of nitrogens with zero attached hydrogens (tertiary/aromatic N) is 2. The van der Waals surface area contributed by atoms with Gasteiger partial charge in [-0.05, 0) is 12.5 Å². The number of thioether (sulfide) groups is 1. The lowest BCUT2D eigenvalue weighted by Crippen LogP contribution is -2.17. The Bertz CT molecular complexity index is 379. The second-order valence-electron chi connectivity index (χ2n) is 3.48. The van der Waals surface area contributed by atoms with Crippen molar-refractivity contribution >= 4 is 18.0 Å². The molecule has 2 unspecified atom stereocenters. The predicted molar refractivity (Wildman–Crippen MR) is 61.1 cm³/mol. The first-order chi connectivity index (χ1) is 7.33. The van der Waals surface area contributed by atoms with Crippen LogP contribution in [0.25, 0.3) is 0 Å². The average Bonchev–Trinajstić information content (AvgIpc) is 2.78. The fourth-order valence-corrected chi connectivity index (χ4v) is 2.70. The number of nitriles is 1. The van der Waals surface area contributed by atoms with E-state index < -0.39 is 0 Å². The van der Waals surface area contributed by atoms with Gasteiger partial charge in [0, 0.05) is 17.6 Å². The Morgan fingerprint density at radius 2 is 2.60 bits per heavy atom. The molecule has 0 aromatic heterocycles. The van der Waals surface area contributed by atoms with E-state index in [0.717, 1.165) is 23.5 Å². The topological polar surface area (TPSA) is 45.4 Å². The van der Waals surface area contributed by atoms with Gasteiger partial charge in [-0.3, -0.25) is 0 Å². The standard InChI is InChI=1S/C11H12N2OS/c1-2-9-5-8(7-13-14-9)11-4-3-10(6-12)15-11/h3,5,7-8,11H,2,4H2,1H3. The average molecular weight is 220 g/mol. The van der Waals surface area contributed by atoms with Gasteiger partial charge in [0.15, 0.2) is 0 Å². The Hall–Kier alpha value is -1.21. The molecule has 0 amide bonds. The van der Waals surface area contributed by atoms with Crippen LogP contribution in [0.5, 0.6) is 0 Å². The number of rotatable bonds is 2. The highest BCUT2D eigenvalue weighted by Crippen LogP contribution is 2.37. The molecule has 2 aliphatic rings. The zero-order valence-corrected chi connectivity index (χ0v) is 9.33. The van der Waals surface area contributed by atoms with Gasteiger partial charge in [-0.1, -0.05) is 18.2 Å². The third-order valence-corrected chi connectivity index (χ3v) is 3.80. The first-order valence-corrected chi connectivity index (χ1v) is 5.89. The number of oxime groups is 1. The minimum Gasteiger partial charge on any atom is -0.362 e. The van der Waals surface area contributed by atoms with E-state index in [-0.39, 0.29) is 0 Å². The van der Waals surface area contributed by atoms with E-state index in [0.29, 0.717) is 11.2 Å². The van der Waals surface area contributed by atoms with Gasteiger partial charge in [0.1, 0.15) is 11.8 Å². The van der Waals surface area contributed by atoms with Crippen molar-refractivity contribution in [3.05, 3.63) is 22.8 Å². The Kier molecular flexibility index (Phi) is 3.12. The predicted octanol–water partition coefficient (Wildman–Crippen LogP) is 2.83. The van der Waals surface area contributed by atoms with Crippen molar-refractivity contribution in [1.82, 2.24) is 0 Å². The molecule has 2 aliphatic heterocycles. The maximum atomic E-state index is 8.77. The third-order valence-electron chi connectivity index (χ3n) is 2.48. The summed E-state index contributed by atoms with van der Waals surface area (Å²) in [6, 6.07) is 2.19. The lowest BCUT2D eigenvalue weighted by atomic mass is 10.0. The summed E-state index contributed by atoms with van der Waals surface area (Å²) >= 11 is 1.64. The molecule has 2 atom stereocenters. The Morgan fingerprint density at radius 3 is 3.27 bits per heavy atom. The first-order valence-electron chi connectivity index (χ1n) is 5.01. The van der Waals surface area contributed by atoms with Gasteiger partial charge in [0.05, 0.1) is 11.1 Å². The molecule has 0 spiro atoms. The molecule has 2 rings (SSSR count). The van der Waals surface area contributed by atoms with Gasteiger partial charge in [-0.25, -0.2) is 0 Å². The van der Waals surface area contributed by atoms with E-state index in [4.69, 9.17) is 10.1 Å².